The zero-order valence-corrected chi connectivity index (χ0v) is 19.5. The van der Waals surface area contributed by atoms with Crippen molar-refractivity contribution in [2.24, 2.45) is 0 Å². The Bertz CT molecular complexity index is 1270. The molecule has 1 atom stereocenters. The number of nitrogens with zero attached hydrogens (tertiary/aromatic N) is 2. The molecule has 0 spiro atoms. The Morgan fingerprint density at radius 1 is 1.06 bits per heavy atom. The number of anilines is 1. The van der Waals surface area contributed by atoms with Crippen LogP contribution in [0.15, 0.2) is 18.2 Å². The molecular weight excluding hydrogens is 433 g/mol. The number of hydrogen-bond acceptors (Lipinski definition) is 3. The second-order valence-corrected chi connectivity index (χ2v) is 9.58. The SMILES string of the molecule is Cc1c([C@H](OC(C)(C)C)C(=O)O)c(-c2c(F)cc(F)cc2F)c2cc(C)n3c2c1N(C)CC3. The number of carboxylic acid groups (broad SMARTS) is 1. The molecule has 0 aliphatic carbocycles. The number of aromatic nitrogens is 1. The van der Waals surface area contributed by atoms with Gasteiger partial charge in [-0.3, -0.25) is 0 Å². The molecule has 0 amide bonds. The number of halogens is 3. The maximum atomic E-state index is 15.1. The number of ether oxygens (including phenoxy) is 1. The van der Waals surface area contributed by atoms with Crippen LogP contribution in [0, 0.1) is 31.3 Å². The minimum atomic E-state index is -1.50. The predicted octanol–water partition coefficient (Wildman–Crippen LogP) is 5.73. The molecule has 0 unspecified atom stereocenters. The lowest BCUT2D eigenvalue weighted by Crippen LogP contribution is -2.31. The van der Waals surface area contributed by atoms with E-state index >= 15 is 8.78 Å². The van der Waals surface area contributed by atoms with Crippen LogP contribution in [0.25, 0.3) is 22.0 Å². The highest BCUT2D eigenvalue weighted by atomic mass is 19.1. The minimum absolute atomic E-state index is 0.0788. The molecule has 1 N–H and O–H groups in total. The molecule has 0 saturated heterocycles. The van der Waals surface area contributed by atoms with Gasteiger partial charge in [0.05, 0.1) is 22.4 Å². The summed E-state index contributed by atoms with van der Waals surface area (Å²) in [4.78, 5) is 14.5. The van der Waals surface area contributed by atoms with E-state index in [2.05, 4.69) is 4.57 Å². The predicted molar refractivity (Wildman–Crippen MR) is 121 cm³/mol. The van der Waals surface area contributed by atoms with Crippen LogP contribution >= 0.6 is 0 Å². The molecule has 0 saturated carbocycles. The summed E-state index contributed by atoms with van der Waals surface area (Å²) in [7, 11) is 1.90. The molecule has 0 radical (unpaired) electrons. The van der Waals surface area contributed by atoms with Crippen molar-refractivity contribution in [1.82, 2.24) is 4.57 Å². The molecule has 0 fully saturated rings. The molecule has 176 valence electrons. The van der Waals surface area contributed by atoms with Gasteiger partial charge in [0.2, 0.25) is 0 Å². The number of rotatable bonds is 4. The van der Waals surface area contributed by atoms with Crippen LogP contribution in [-0.2, 0) is 16.1 Å². The van der Waals surface area contributed by atoms with Crippen LogP contribution in [0.5, 0.6) is 0 Å². The fourth-order valence-electron chi connectivity index (χ4n) is 4.84. The van der Waals surface area contributed by atoms with Crippen molar-refractivity contribution in [3.63, 3.8) is 0 Å². The third-order valence-corrected chi connectivity index (χ3v) is 6.08. The van der Waals surface area contributed by atoms with Crippen LogP contribution < -0.4 is 4.90 Å². The van der Waals surface area contributed by atoms with Crippen LogP contribution in [0.4, 0.5) is 18.9 Å². The largest absolute Gasteiger partial charge is 0.479 e. The highest BCUT2D eigenvalue weighted by molar-refractivity contribution is 6.07. The first-order valence-corrected chi connectivity index (χ1v) is 10.7. The molecule has 0 bridgehead atoms. The molecule has 33 heavy (non-hydrogen) atoms. The van der Waals surface area contributed by atoms with Gasteiger partial charge >= 0.3 is 5.97 Å². The second-order valence-electron chi connectivity index (χ2n) is 9.58. The Morgan fingerprint density at radius 2 is 1.67 bits per heavy atom. The summed E-state index contributed by atoms with van der Waals surface area (Å²) in [5.74, 6) is -4.52. The lowest BCUT2D eigenvalue weighted by Gasteiger charge is -2.34. The third-order valence-electron chi connectivity index (χ3n) is 6.08. The minimum Gasteiger partial charge on any atom is -0.479 e. The molecule has 1 aromatic heterocycles. The van der Waals surface area contributed by atoms with Gasteiger partial charge in [0.15, 0.2) is 6.10 Å². The number of carboxylic acids is 1. The summed E-state index contributed by atoms with van der Waals surface area (Å²) in [6.45, 7) is 10.1. The van der Waals surface area contributed by atoms with Crippen LogP contribution in [0.1, 0.15) is 43.7 Å². The van der Waals surface area contributed by atoms with Gasteiger partial charge in [-0.05, 0) is 46.2 Å². The zero-order chi connectivity index (χ0) is 24.4. The average molecular weight is 460 g/mol. The van der Waals surface area contributed by atoms with Crippen molar-refractivity contribution in [3.05, 3.63) is 52.5 Å². The number of aliphatic carboxylic acids is 1. The van der Waals surface area contributed by atoms with Crippen LogP contribution in [0.3, 0.4) is 0 Å². The number of hydrogen-bond donors (Lipinski definition) is 1. The van der Waals surface area contributed by atoms with Gasteiger partial charge in [-0.2, -0.15) is 0 Å². The van der Waals surface area contributed by atoms with Crippen molar-refractivity contribution in [2.45, 2.75) is 52.9 Å². The Kier molecular flexibility index (Phi) is 5.47. The lowest BCUT2D eigenvalue weighted by atomic mass is 9.86. The number of benzene rings is 2. The molecule has 3 aromatic rings. The average Bonchev–Trinajstić information content (AvgIpc) is 3.00. The monoisotopic (exact) mass is 460 g/mol. The molecule has 1 aliphatic heterocycles. The van der Waals surface area contributed by atoms with Crippen molar-refractivity contribution in [2.75, 3.05) is 18.5 Å². The summed E-state index contributed by atoms with van der Waals surface area (Å²) < 4.78 is 52.0. The van der Waals surface area contributed by atoms with Crippen LogP contribution in [0.2, 0.25) is 0 Å². The quantitative estimate of drug-likeness (QED) is 0.540. The van der Waals surface area contributed by atoms with Crippen molar-refractivity contribution in [1.29, 1.82) is 0 Å². The first-order valence-electron chi connectivity index (χ1n) is 10.7. The van der Waals surface area contributed by atoms with Crippen molar-refractivity contribution in [3.8, 4) is 11.1 Å². The fraction of sp³-hybridized carbons (Fsp3) is 0.400. The lowest BCUT2D eigenvalue weighted by molar-refractivity contribution is -0.160. The van der Waals surface area contributed by atoms with E-state index < -0.39 is 40.7 Å². The van der Waals surface area contributed by atoms with E-state index in [1.165, 1.54) is 0 Å². The highest BCUT2D eigenvalue weighted by Crippen LogP contribution is 2.48. The summed E-state index contributed by atoms with van der Waals surface area (Å²) in [6, 6.07) is 3.02. The van der Waals surface area contributed by atoms with E-state index in [1.54, 1.807) is 33.8 Å². The van der Waals surface area contributed by atoms with E-state index in [0.717, 1.165) is 16.9 Å². The van der Waals surface area contributed by atoms with E-state index in [4.69, 9.17) is 4.74 Å². The molecule has 1 aliphatic rings. The normalized spacial score (nSPS) is 14.8. The number of carbonyl (C=O) groups is 1. The van der Waals surface area contributed by atoms with E-state index in [-0.39, 0.29) is 11.1 Å². The molecule has 8 heteroatoms. The van der Waals surface area contributed by atoms with Gasteiger partial charge in [-0.15, -0.1) is 0 Å². The first-order chi connectivity index (χ1) is 15.3. The van der Waals surface area contributed by atoms with Gasteiger partial charge in [-0.25, -0.2) is 18.0 Å². The zero-order valence-electron chi connectivity index (χ0n) is 19.5. The summed E-state index contributed by atoms with van der Waals surface area (Å²) >= 11 is 0. The van der Waals surface area contributed by atoms with Crippen molar-refractivity contribution >= 4 is 22.6 Å². The van der Waals surface area contributed by atoms with E-state index in [1.807, 2.05) is 18.9 Å². The third kappa shape index (κ3) is 3.76. The molecular formula is C25H27F3N2O3. The maximum Gasteiger partial charge on any atom is 0.337 e. The number of likely N-dealkylation sites (N-methyl/N-ethyl adjacent to an activating group) is 1. The summed E-state index contributed by atoms with van der Waals surface area (Å²) in [5, 5.41) is 10.7. The smallest absolute Gasteiger partial charge is 0.337 e. The molecule has 2 heterocycles. The van der Waals surface area contributed by atoms with Gasteiger partial charge in [0.1, 0.15) is 17.5 Å². The van der Waals surface area contributed by atoms with Gasteiger partial charge in [0.25, 0.3) is 0 Å². The molecule has 2 aromatic carbocycles. The van der Waals surface area contributed by atoms with E-state index in [0.29, 0.717) is 36.2 Å². The van der Waals surface area contributed by atoms with Gasteiger partial charge in [-0.1, -0.05) is 0 Å². The summed E-state index contributed by atoms with van der Waals surface area (Å²) in [5.41, 5.74) is 1.91. The fourth-order valence-corrected chi connectivity index (χ4v) is 4.84. The van der Waals surface area contributed by atoms with Crippen molar-refractivity contribution < 1.29 is 27.8 Å². The van der Waals surface area contributed by atoms with E-state index in [9.17, 15) is 14.3 Å². The number of aryl methyl sites for hydroxylation is 1. The Balaban J connectivity index is 2.23. The van der Waals surface area contributed by atoms with Crippen LogP contribution in [-0.4, -0.2) is 34.8 Å². The second kappa shape index (κ2) is 7.80. The highest BCUT2D eigenvalue weighted by Gasteiger charge is 2.36. The molecule has 5 nitrogen and oxygen atoms in total. The molecule has 4 rings (SSSR count). The standard InChI is InChI=1S/C25H27F3N2O3/c1-12-9-15-19(20-16(27)10-14(26)11-17(20)28)18(23(24(31)32)33-25(3,4)5)13(2)21-22(15)30(12)8-7-29(21)6/h9-11,23H,7-8H2,1-6H3,(H,31,32)/t23-/m0/s1. The Morgan fingerprint density at radius 3 is 2.21 bits per heavy atom. The first kappa shape index (κ1) is 23.2. The maximum absolute atomic E-state index is 15.1. The van der Waals surface area contributed by atoms with Gasteiger partial charge < -0.3 is 19.3 Å². The Hall–Kier alpha value is -3.00. The summed E-state index contributed by atoms with van der Waals surface area (Å²) in [6.07, 6.45) is -1.50. The topological polar surface area (TPSA) is 54.7 Å². The van der Waals surface area contributed by atoms with Gasteiger partial charge in [0, 0.05) is 54.5 Å². The Labute approximate surface area is 190 Å².